The second-order valence-electron chi connectivity index (χ2n) is 5.67. The van der Waals surface area contributed by atoms with Crippen LogP contribution < -0.4 is 0 Å². The van der Waals surface area contributed by atoms with E-state index in [1.807, 2.05) is 12.1 Å². The molecule has 110 valence electrons. The maximum Gasteiger partial charge on any atom is 0.243 e. The number of fused-ring (bicyclic) bond motifs is 1. The summed E-state index contributed by atoms with van der Waals surface area (Å²) in [6.07, 6.45) is 1.40. The number of halogens is 1. The van der Waals surface area contributed by atoms with E-state index in [4.69, 9.17) is 0 Å². The van der Waals surface area contributed by atoms with Gasteiger partial charge in [-0.2, -0.15) is 4.31 Å². The summed E-state index contributed by atoms with van der Waals surface area (Å²) in [4.78, 5) is 0.344. The van der Waals surface area contributed by atoms with Gasteiger partial charge >= 0.3 is 0 Å². The molecule has 2 fully saturated rings. The highest BCUT2D eigenvalue weighted by atomic mass is 79.9. The van der Waals surface area contributed by atoms with Crippen molar-refractivity contribution in [1.82, 2.24) is 4.31 Å². The predicted molar refractivity (Wildman–Crippen MR) is 80.1 cm³/mol. The number of hydrogen-bond donors (Lipinski definition) is 1. The Hall–Kier alpha value is -0.430. The molecule has 0 bridgehead atoms. The Morgan fingerprint density at radius 2 is 1.90 bits per heavy atom. The Bertz CT molecular complexity index is 587. The van der Waals surface area contributed by atoms with Crippen LogP contribution in [0.25, 0.3) is 0 Å². The molecule has 3 atom stereocenters. The molecule has 0 spiro atoms. The van der Waals surface area contributed by atoms with Crippen LogP contribution in [0.4, 0.5) is 0 Å². The first-order valence-corrected chi connectivity index (χ1v) is 9.41. The van der Waals surface area contributed by atoms with Gasteiger partial charge in [-0.1, -0.05) is 28.1 Å². The summed E-state index contributed by atoms with van der Waals surface area (Å²) in [5.41, 5.74) is 1.05. The highest BCUT2D eigenvalue weighted by Crippen LogP contribution is 2.40. The standard InChI is InChI=1S/C14H18BrNO3S/c15-7-10-1-4-12(5-2-10)20(18,19)16-8-11-3-6-14(17)13(11)9-16/h1-2,4-5,11,13-14,17H,3,6-9H2. The molecule has 0 amide bonds. The van der Waals surface area contributed by atoms with Crippen molar-refractivity contribution in [3.8, 4) is 0 Å². The molecule has 1 aliphatic heterocycles. The van der Waals surface area contributed by atoms with Gasteiger partial charge in [0.25, 0.3) is 0 Å². The van der Waals surface area contributed by atoms with Crippen molar-refractivity contribution < 1.29 is 13.5 Å². The number of aliphatic hydroxyl groups is 1. The van der Waals surface area contributed by atoms with Crippen LogP contribution >= 0.6 is 15.9 Å². The van der Waals surface area contributed by atoms with Crippen molar-refractivity contribution >= 4 is 26.0 Å². The van der Waals surface area contributed by atoms with Crippen LogP contribution in [0.1, 0.15) is 18.4 Å². The van der Waals surface area contributed by atoms with E-state index in [-0.39, 0.29) is 12.0 Å². The van der Waals surface area contributed by atoms with E-state index >= 15 is 0 Å². The molecule has 1 N–H and O–H groups in total. The fourth-order valence-electron chi connectivity index (χ4n) is 3.29. The molecule has 1 heterocycles. The van der Waals surface area contributed by atoms with Crippen LogP contribution in [0.5, 0.6) is 0 Å². The second kappa shape index (κ2) is 5.40. The molecule has 1 saturated heterocycles. The van der Waals surface area contributed by atoms with Gasteiger partial charge in [0.2, 0.25) is 10.0 Å². The number of nitrogens with zero attached hydrogens (tertiary/aromatic N) is 1. The van der Waals surface area contributed by atoms with E-state index in [0.717, 1.165) is 18.4 Å². The van der Waals surface area contributed by atoms with Gasteiger partial charge in [0.1, 0.15) is 0 Å². The molecule has 0 aromatic heterocycles. The summed E-state index contributed by atoms with van der Waals surface area (Å²) < 4.78 is 26.7. The maximum absolute atomic E-state index is 12.6. The first-order valence-electron chi connectivity index (χ1n) is 6.85. The first-order chi connectivity index (χ1) is 9.52. The van der Waals surface area contributed by atoms with E-state index in [1.165, 1.54) is 4.31 Å². The molecule has 1 aromatic rings. The highest BCUT2D eigenvalue weighted by molar-refractivity contribution is 9.08. The van der Waals surface area contributed by atoms with Crippen LogP contribution in [0.15, 0.2) is 29.2 Å². The van der Waals surface area contributed by atoms with Gasteiger partial charge in [0.15, 0.2) is 0 Å². The van der Waals surface area contributed by atoms with Gasteiger partial charge in [-0.05, 0) is 36.5 Å². The Morgan fingerprint density at radius 3 is 2.50 bits per heavy atom. The van der Waals surface area contributed by atoms with Crippen molar-refractivity contribution in [1.29, 1.82) is 0 Å². The van der Waals surface area contributed by atoms with Gasteiger partial charge in [-0.15, -0.1) is 0 Å². The van der Waals surface area contributed by atoms with Gasteiger partial charge in [0.05, 0.1) is 11.0 Å². The lowest BCUT2D eigenvalue weighted by Gasteiger charge is -2.18. The fraction of sp³-hybridized carbons (Fsp3) is 0.571. The van der Waals surface area contributed by atoms with Crippen molar-refractivity contribution in [2.45, 2.75) is 29.2 Å². The summed E-state index contributed by atoms with van der Waals surface area (Å²) >= 11 is 3.35. The van der Waals surface area contributed by atoms with Gasteiger partial charge in [-0.3, -0.25) is 0 Å². The van der Waals surface area contributed by atoms with Crippen molar-refractivity contribution in [2.75, 3.05) is 13.1 Å². The summed E-state index contributed by atoms with van der Waals surface area (Å²) in [6.45, 7) is 0.999. The smallest absolute Gasteiger partial charge is 0.243 e. The van der Waals surface area contributed by atoms with Crippen molar-refractivity contribution in [2.24, 2.45) is 11.8 Å². The Labute approximate surface area is 128 Å². The topological polar surface area (TPSA) is 57.6 Å². The minimum Gasteiger partial charge on any atom is -0.393 e. The molecule has 3 rings (SSSR count). The third kappa shape index (κ3) is 2.43. The fourth-order valence-corrected chi connectivity index (χ4v) is 5.20. The third-order valence-corrected chi connectivity index (χ3v) is 6.99. The summed E-state index contributed by atoms with van der Waals surface area (Å²) in [5, 5.41) is 10.6. The lowest BCUT2D eigenvalue weighted by Crippen LogP contribution is -2.31. The summed E-state index contributed by atoms with van der Waals surface area (Å²) in [6, 6.07) is 6.98. The molecular weight excluding hydrogens is 342 g/mol. The minimum absolute atomic E-state index is 0.117. The van der Waals surface area contributed by atoms with Crippen LogP contribution in [0.2, 0.25) is 0 Å². The zero-order valence-electron chi connectivity index (χ0n) is 11.1. The predicted octanol–water partition coefficient (Wildman–Crippen LogP) is 1.97. The number of rotatable bonds is 3. The molecule has 20 heavy (non-hydrogen) atoms. The van der Waals surface area contributed by atoms with E-state index in [2.05, 4.69) is 15.9 Å². The first kappa shape index (κ1) is 14.5. The average molecular weight is 360 g/mol. The quantitative estimate of drug-likeness (QED) is 0.839. The molecule has 4 nitrogen and oxygen atoms in total. The monoisotopic (exact) mass is 359 g/mol. The average Bonchev–Trinajstić information content (AvgIpc) is 3.02. The van der Waals surface area contributed by atoms with E-state index in [1.54, 1.807) is 12.1 Å². The molecule has 2 aliphatic rings. The number of aliphatic hydroxyl groups excluding tert-OH is 1. The molecule has 1 saturated carbocycles. The van der Waals surface area contributed by atoms with Crippen molar-refractivity contribution in [3.63, 3.8) is 0 Å². The van der Waals surface area contributed by atoms with Crippen molar-refractivity contribution in [3.05, 3.63) is 29.8 Å². The van der Waals surface area contributed by atoms with Crippen LogP contribution in [0.3, 0.4) is 0 Å². The van der Waals surface area contributed by atoms with E-state index in [9.17, 15) is 13.5 Å². The molecule has 6 heteroatoms. The lowest BCUT2D eigenvalue weighted by molar-refractivity contribution is 0.129. The molecular formula is C14H18BrNO3S. The van der Waals surface area contributed by atoms with E-state index in [0.29, 0.717) is 29.2 Å². The maximum atomic E-state index is 12.6. The SMILES string of the molecule is O=S(=O)(c1ccc(CBr)cc1)N1CC2CCC(O)C2C1. The van der Waals surface area contributed by atoms with Crippen LogP contribution in [-0.2, 0) is 15.4 Å². The third-order valence-electron chi connectivity index (χ3n) is 4.50. The molecule has 1 aromatic carbocycles. The Balaban J connectivity index is 1.82. The Kier molecular flexibility index (Phi) is 3.92. The van der Waals surface area contributed by atoms with Gasteiger partial charge in [-0.25, -0.2) is 8.42 Å². The largest absolute Gasteiger partial charge is 0.393 e. The van der Waals surface area contributed by atoms with Crippen LogP contribution in [-0.4, -0.2) is 37.0 Å². The molecule has 0 radical (unpaired) electrons. The van der Waals surface area contributed by atoms with Crippen LogP contribution in [0, 0.1) is 11.8 Å². The second-order valence-corrected chi connectivity index (χ2v) is 8.17. The highest BCUT2D eigenvalue weighted by Gasteiger charge is 2.45. The van der Waals surface area contributed by atoms with Gasteiger partial charge < -0.3 is 5.11 Å². The number of alkyl halides is 1. The van der Waals surface area contributed by atoms with Gasteiger partial charge in [0, 0.05) is 24.3 Å². The Morgan fingerprint density at radius 1 is 1.20 bits per heavy atom. The summed E-state index contributed by atoms with van der Waals surface area (Å²) in [5.74, 6) is 0.438. The number of sulfonamides is 1. The van der Waals surface area contributed by atoms with E-state index < -0.39 is 10.0 Å². The number of benzene rings is 1. The normalized spacial score (nSPS) is 30.6. The zero-order chi connectivity index (χ0) is 14.3. The zero-order valence-corrected chi connectivity index (χ0v) is 13.5. The number of hydrogen-bond acceptors (Lipinski definition) is 3. The minimum atomic E-state index is -3.42. The summed E-state index contributed by atoms with van der Waals surface area (Å²) in [7, 11) is -3.42. The molecule has 3 unspecified atom stereocenters. The lowest BCUT2D eigenvalue weighted by atomic mass is 10.00. The molecule has 1 aliphatic carbocycles.